The molecule has 1 aliphatic heterocycles. The topological polar surface area (TPSA) is 14.1 Å². The molecule has 0 saturated carbocycles. The van der Waals surface area contributed by atoms with Crippen molar-refractivity contribution in [2.24, 2.45) is 0 Å². The van der Waals surface area contributed by atoms with Gasteiger partial charge in [-0.15, -0.1) is 12.2 Å². The zero-order valence-corrected chi connectivity index (χ0v) is 9.96. The third kappa shape index (κ3) is 2.64. The van der Waals surface area contributed by atoms with Gasteiger partial charge in [0.1, 0.15) is 0 Å². The number of fused-ring (bicyclic) bond motifs is 1. The Morgan fingerprint density at radius 1 is 1.17 bits per heavy atom. The molecule has 0 fully saturated rings. The van der Waals surface area contributed by atoms with Crippen LogP contribution in [-0.2, 0) is 6.42 Å². The van der Waals surface area contributed by atoms with Crippen molar-refractivity contribution in [2.75, 3.05) is 6.54 Å². The molecule has 0 N–H and O–H groups in total. The second kappa shape index (κ2) is 5.83. The van der Waals surface area contributed by atoms with Crippen LogP contribution < -0.4 is 17.0 Å². The Kier molecular flexibility index (Phi) is 5.96. The number of rotatable bonds is 0. The first-order chi connectivity index (χ1) is 4.97. The first kappa shape index (κ1) is 12.3. The summed E-state index contributed by atoms with van der Waals surface area (Å²) in [5.74, 6) is 0. The summed E-state index contributed by atoms with van der Waals surface area (Å²) in [7, 11) is 0. The monoisotopic (exact) mass is 235 g/mol. The summed E-state index contributed by atoms with van der Waals surface area (Å²) < 4.78 is 0. The van der Waals surface area contributed by atoms with Crippen LogP contribution >= 0.6 is 0 Å². The minimum Gasteiger partial charge on any atom is -1.00 e. The molecule has 3 heteroatoms. The molecule has 60 valence electrons. The summed E-state index contributed by atoms with van der Waals surface area (Å²) in [6, 6.07) is 8.39. The van der Waals surface area contributed by atoms with Crippen molar-refractivity contribution in [1.82, 2.24) is 0 Å². The number of hydrogen-bond acceptors (Lipinski definition) is 0. The van der Waals surface area contributed by atoms with Gasteiger partial charge in [-0.3, -0.25) is 0 Å². The molecule has 1 aromatic rings. The maximum atomic E-state index is 4.39. The zero-order chi connectivity index (χ0) is 6.81. The summed E-state index contributed by atoms with van der Waals surface area (Å²) >= 11 is 0. The molecule has 0 aliphatic carbocycles. The fraction of sp³-hybridized carbons (Fsp3) is 0.333. The molecule has 0 saturated heterocycles. The van der Waals surface area contributed by atoms with E-state index >= 15 is 0 Å². The van der Waals surface area contributed by atoms with Crippen molar-refractivity contribution >= 4 is 28.7 Å². The number of hydrogen-bond donors (Lipinski definition) is 0. The molecule has 0 bridgehead atoms. The smallest absolute Gasteiger partial charge is 1.00 e. The first-order valence-corrected chi connectivity index (χ1v) is 3.72. The largest absolute Gasteiger partial charge is 2.00 e. The molecule has 0 amide bonds. The van der Waals surface area contributed by atoms with Crippen LogP contribution in [0.3, 0.4) is 0 Å². The van der Waals surface area contributed by atoms with Crippen LogP contribution in [0, 0.1) is 0 Å². The quantitative estimate of drug-likeness (QED) is 0.527. The summed E-state index contributed by atoms with van der Waals surface area (Å²) in [5, 5.41) is 4.39. The van der Waals surface area contributed by atoms with Crippen LogP contribution in [0.5, 0.6) is 0 Å². The van der Waals surface area contributed by atoms with E-state index in [1.807, 2.05) is 6.07 Å². The van der Waals surface area contributed by atoms with Gasteiger partial charge in [-0.2, -0.15) is 0 Å². The fourth-order valence-corrected chi connectivity index (χ4v) is 1.35. The predicted octanol–water partition coefficient (Wildman–Crippen LogP) is -0.739. The number of halogens is 1. The maximum absolute atomic E-state index is 4.39. The Labute approximate surface area is 99.9 Å². The molecule has 0 unspecified atom stereocenters. The van der Waals surface area contributed by atoms with Gasteiger partial charge in [-0.25, -0.2) is 0 Å². The van der Waals surface area contributed by atoms with E-state index in [1.165, 1.54) is 24.1 Å². The van der Waals surface area contributed by atoms with E-state index < -0.39 is 0 Å². The molecule has 1 aliphatic rings. The zero-order valence-electron chi connectivity index (χ0n) is 6.96. The predicted molar refractivity (Wildman–Crippen MR) is 48.4 cm³/mol. The Hall–Kier alpha value is 0.266. The standard InChI is InChI=1S/C9H10N.BrH.Mg/c1-2-6-9-8(4-1)5-3-7-10-9;;/h1-2,4,6H,3,5,7H2;1H;/q-1;;+2/p-1. The Bertz CT molecular complexity index is 215. The van der Waals surface area contributed by atoms with E-state index in [2.05, 4.69) is 23.5 Å². The van der Waals surface area contributed by atoms with E-state index in [4.69, 9.17) is 0 Å². The van der Waals surface area contributed by atoms with E-state index in [0.29, 0.717) is 0 Å². The molecular formula is C9H10BrMgN. The minimum absolute atomic E-state index is 0. The van der Waals surface area contributed by atoms with Crippen molar-refractivity contribution < 1.29 is 17.0 Å². The first-order valence-electron chi connectivity index (χ1n) is 3.72. The molecule has 0 spiro atoms. The molecule has 12 heavy (non-hydrogen) atoms. The second-order valence-electron chi connectivity index (χ2n) is 2.61. The molecular weight excluding hydrogens is 226 g/mol. The van der Waals surface area contributed by atoms with E-state index in [0.717, 1.165) is 6.54 Å². The average molecular weight is 236 g/mol. The van der Waals surface area contributed by atoms with Crippen molar-refractivity contribution in [3.05, 3.63) is 35.1 Å². The van der Waals surface area contributed by atoms with Gasteiger partial charge in [0.25, 0.3) is 0 Å². The van der Waals surface area contributed by atoms with Gasteiger partial charge >= 0.3 is 23.1 Å². The van der Waals surface area contributed by atoms with E-state index in [-0.39, 0.29) is 40.0 Å². The molecule has 1 nitrogen and oxygen atoms in total. The number of para-hydroxylation sites is 1. The van der Waals surface area contributed by atoms with Crippen molar-refractivity contribution in [2.45, 2.75) is 12.8 Å². The second-order valence-corrected chi connectivity index (χ2v) is 2.61. The molecule has 2 rings (SSSR count). The average Bonchev–Trinajstić information content (AvgIpc) is 2.05. The van der Waals surface area contributed by atoms with Gasteiger partial charge in [0.05, 0.1) is 0 Å². The van der Waals surface area contributed by atoms with Crippen LogP contribution in [0.15, 0.2) is 24.3 Å². The Balaban J connectivity index is 0.000000605. The third-order valence-electron chi connectivity index (χ3n) is 1.88. The van der Waals surface area contributed by atoms with E-state index in [9.17, 15) is 0 Å². The van der Waals surface area contributed by atoms with Gasteiger partial charge < -0.3 is 22.3 Å². The minimum atomic E-state index is 0. The van der Waals surface area contributed by atoms with Gasteiger partial charge in [0.2, 0.25) is 0 Å². The molecule has 1 heterocycles. The van der Waals surface area contributed by atoms with Crippen LogP contribution in [0.4, 0.5) is 5.69 Å². The molecule has 0 aromatic heterocycles. The fourth-order valence-electron chi connectivity index (χ4n) is 1.35. The maximum Gasteiger partial charge on any atom is 2.00 e. The van der Waals surface area contributed by atoms with Gasteiger partial charge in [-0.1, -0.05) is 36.2 Å². The van der Waals surface area contributed by atoms with Gasteiger partial charge in [-0.05, 0) is 6.42 Å². The molecule has 1 aromatic carbocycles. The number of aryl methyl sites for hydroxylation is 1. The Morgan fingerprint density at radius 3 is 2.67 bits per heavy atom. The number of benzene rings is 1. The van der Waals surface area contributed by atoms with Crippen LogP contribution in [-0.4, -0.2) is 29.6 Å². The molecule has 0 radical (unpaired) electrons. The Morgan fingerprint density at radius 2 is 1.92 bits per heavy atom. The van der Waals surface area contributed by atoms with Crippen molar-refractivity contribution in [3.63, 3.8) is 0 Å². The van der Waals surface area contributed by atoms with Gasteiger partial charge in [0, 0.05) is 0 Å². The van der Waals surface area contributed by atoms with Gasteiger partial charge in [0.15, 0.2) is 0 Å². The summed E-state index contributed by atoms with van der Waals surface area (Å²) in [6.45, 7) is 1.01. The van der Waals surface area contributed by atoms with Crippen LogP contribution in [0.2, 0.25) is 0 Å². The van der Waals surface area contributed by atoms with E-state index in [1.54, 1.807) is 0 Å². The van der Waals surface area contributed by atoms with Crippen molar-refractivity contribution in [3.8, 4) is 0 Å². The normalized spacial score (nSPS) is 13.0. The number of nitrogens with zero attached hydrogens (tertiary/aromatic N) is 1. The van der Waals surface area contributed by atoms with Crippen LogP contribution in [0.1, 0.15) is 12.0 Å². The summed E-state index contributed by atoms with van der Waals surface area (Å²) in [5.41, 5.74) is 2.61. The summed E-state index contributed by atoms with van der Waals surface area (Å²) in [4.78, 5) is 0. The third-order valence-corrected chi connectivity index (χ3v) is 1.88. The van der Waals surface area contributed by atoms with Crippen molar-refractivity contribution in [1.29, 1.82) is 0 Å². The summed E-state index contributed by atoms with van der Waals surface area (Å²) in [6.07, 6.45) is 2.43. The SMILES string of the molecule is [Br-].[Mg+2].c1ccc2c(c1)CCC[N-]2. The molecule has 0 atom stereocenters. The van der Waals surface area contributed by atoms with Crippen LogP contribution in [0.25, 0.3) is 5.32 Å².